The zero-order chi connectivity index (χ0) is 18.5. The summed E-state index contributed by atoms with van der Waals surface area (Å²) in [5.74, 6) is 0.669. The Morgan fingerprint density at radius 1 is 1.23 bits per heavy atom. The van der Waals surface area contributed by atoms with Crippen LogP contribution in [0.3, 0.4) is 0 Å². The van der Waals surface area contributed by atoms with Crippen molar-refractivity contribution in [1.82, 2.24) is 15.0 Å². The Bertz CT molecular complexity index is 957. The zero-order valence-electron chi connectivity index (χ0n) is 13.8. The first-order valence-electron chi connectivity index (χ1n) is 7.74. The van der Waals surface area contributed by atoms with E-state index in [2.05, 4.69) is 15.5 Å². The van der Waals surface area contributed by atoms with Gasteiger partial charge in [-0.15, -0.1) is 5.10 Å². The lowest BCUT2D eigenvalue weighted by molar-refractivity contribution is -0.111. The molecule has 1 aromatic carbocycles. The largest absolute Gasteiger partial charge is 0.456 e. The second kappa shape index (κ2) is 7.79. The molecule has 0 aliphatic heterocycles. The number of anilines is 1. The molecule has 132 valence electrons. The summed E-state index contributed by atoms with van der Waals surface area (Å²) in [6.07, 6.45) is 4.50. The van der Waals surface area contributed by atoms with E-state index in [1.807, 2.05) is 0 Å². The number of carbonyl (C=O) groups excluding carboxylic acids is 2. The van der Waals surface area contributed by atoms with Crippen LogP contribution in [0.15, 0.2) is 53.1 Å². The zero-order valence-corrected chi connectivity index (χ0v) is 14.6. The van der Waals surface area contributed by atoms with Gasteiger partial charge in [0.15, 0.2) is 17.4 Å². The van der Waals surface area contributed by atoms with Crippen molar-refractivity contribution >= 4 is 35.2 Å². The van der Waals surface area contributed by atoms with E-state index in [0.717, 1.165) is 5.56 Å². The number of benzene rings is 1. The molecule has 3 rings (SSSR count). The van der Waals surface area contributed by atoms with Crippen LogP contribution in [0.5, 0.6) is 0 Å². The molecule has 7 nitrogen and oxygen atoms in total. The first-order valence-corrected chi connectivity index (χ1v) is 8.12. The third-order valence-corrected chi connectivity index (χ3v) is 3.64. The summed E-state index contributed by atoms with van der Waals surface area (Å²) in [4.78, 5) is 24.5. The Hall–Kier alpha value is -3.19. The van der Waals surface area contributed by atoms with Gasteiger partial charge in [-0.3, -0.25) is 9.59 Å². The normalized spacial score (nSPS) is 11.0. The fourth-order valence-corrected chi connectivity index (χ4v) is 2.26. The number of Topliss-reactive ketones (excluding diaryl/α,β-unsaturated/α-hetero) is 1. The van der Waals surface area contributed by atoms with Crippen molar-refractivity contribution in [2.24, 2.45) is 0 Å². The molecule has 3 aromatic rings. The Morgan fingerprint density at radius 2 is 2.00 bits per heavy atom. The number of rotatable bonds is 6. The van der Waals surface area contributed by atoms with Gasteiger partial charge in [0.1, 0.15) is 12.3 Å². The summed E-state index contributed by atoms with van der Waals surface area (Å²) in [6, 6.07) is 10.4. The number of halogens is 1. The van der Waals surface area contributed by atoms with Gasteiger partial charge in [0.05, 0.1) is 6.20 Å². The molecule has 2 aromatic heterocycles. The molecule has 0 aliphatic rings. The number of carbonyl (C=O) groups is 2. The van der Waals surface area contributed by atoms with E-state index < -0.39 is 0 Å². The highest BCUT2D eigenvalue weighted by Crippen LogP contribution is 2.12. The van der Waals surface area contributed by atoms with E-state index in [1.165, 1.54) is 24.0 Å². The van der Waals surface area contributed by atoms with Crippen LogP contribution >= 0.6 is 11.6 Å². The standard InChI is InChI=1S/C18H15ClN4O3/c1-12(24)16-8-7-15(26-16)11-23-20-10-17(22-23)21-18(25)9-4-13-2-5-14(19)6-3-13/h2-10H,11H2,1H3,(H,21,22,25)/b9-4-. The molecule has 0 atom stereocenters. The molecule has 2 heterocycles. The summed E-state index contributed by atoms with van der Waals surface area (Å²) >= 11 is 5.81. The van der Waals surface area contributed by atoms with Gasteiger partial charge >= 0.3 is 0 Å². The van der Waals surface area contributed by atoms with Crippen LogP contribution in [0.1, 0.15) is 28.8 Å². The fourth-order valence-electron chi connectivity index (χ4n) is 2.14. The van der Waals surface area contributed by atoms with Crippen LogP contribution < -0.4 is 5.32 Å². The molecule has 0 spiro atoms. The molecule has 1 N–H and O–H groups in total. The molecule has 1 amide bonds. The molecule has 0 fully saturated rings. The number of nitrogens with zero attached hydrogens (tertiary/aromatic N) is 3. The van der Waals surface area contributed by atoms with E-state index in [0.29, 0.717) is 16.6 Å². The van der Waals surface area contributed by atoms with Gasteiger partial charge in [-0.1, -0.05) is 23.7 Å². The average Bonchev–Trinajstić information content (AvgIpc) is 3.24. The van der Waals surface area contributed by atoms with Crippen LogP contribution in [0.4, 0.5) is 5.82 Å². The quantitative estimate of drug-likeness (QED) is 0.530. The predicted molar refractivity (Wildman–Crippen MR) is 97.0 cm³/mol. The molecular weight excluding hydrogens is 356 g/mol. The highest BCUT2D eigenvalue weighted by Gasteiger charge is 2.09. The van der Waals surface area contributed by atoms with Gasteiger partial charge in [-0.25, -0.2) is 0 Å². The molecular formula is C18H15ClN4O3. The average molecular weight is 371 g/mol. The minimum absolute atomic E-state index is 0.148. The topological polar surface area (TPSA) is 90.0 Å². The van der Waals surface area contributed by atoms with Crippen molar-refractivity contribution in [1.29, 1.82) is 0 Å². The number of hydrogen-bond acceptors (Lipinski definition) is 5. The number of aromatic nitrogens is 3. The van der Waals surface area contributed by atoms with Crippen molar-refractivity contribution in [3.05, 3.63) is 70.8 Å². The highest BCUT2D eigenvalue weighted by molar-refractivity contribution is 6.30. The fraction of sp³-hybridized carbons (Fsp3) is 0.111. The van der Waals surface area contributed by atoms with Crippen molar-refractivity contribution < 1.29 is 14.0 Å². The van der Waals surface area contributed by atoms with Crippen LogP contribution in [0.25, 0.3) is 6.08 Å². The van der Waals surface area contributed by atoms with Gasteiger partial charge in [0.2, 0.25) is 5.91 Å². The summed E-state index contributed by atoms with van der Waals surface area (Å²) < 4.78 is 5.38. The van der Waals surface area contributed by atoms with Gasteiger partial charge in [-0.05, 0) is 35.9 Å². The molecule has 0 aliphatic carbocycles. The van der Waals surface area contributed by atoms with Crippen molar-refractivity contribution in [3.63, 3.8) is 0 Å². The monoisotopic (exact) mass is 370 g/mol. The Morgan fingerprint density at radius 3 is 2.69 bits per heavy atom. The highest BCUT2D eigenvalue weighted by atomic mass is 35.5. The SMILES string of the molecule is CC(=O)c1ccc(Cn2ncc(NC(=O)/C=C\c3ccc(Cl)cc3)n2)o1. The molecule has 0 bridgehead atoms. The first kappa shape index (κ1) is 17.6. The second-order valence-electron chi connectivity index (χ2n) is 5.46. The van der Waals surface area contributed by atoms with Crippen molar-refractivity contribution in [2.75, 3.05) is 5.32 Å². The van der Waals surface area contributed by atoms with Crippen molar-refractivity contribution in [2.45, 2.75) is 13.5 Å². The summed E-state index contributed by atoms with van der Waals surface area (Å²) in [5.41, 5.74) is 0.854. The number of hydrogen-bond donors (Lipinski definition) is 1. The van der Waals surface area contributed by atoms with E-state index in [9.17, 15) is 9.59 Å². The van der Waals surface area contributed by atoms with Crippen LogP contribution in [-0.4, -0.2) is 26.7 Å². The van der Waals surface area contributed by atoms with E-state index in [4.69, 9.17) is 16.0 Å². The van der Waals surface area contributed by atoms with E-state index >= 15 is 0 Å². The Labute approximate surface area is 154 Å². The molecule has 26 heavy (non-hydrogen) atoms. The van der Waals surface area contributed by atoms with Gasteiger partial charge in [0, 0.05) is 18.0 Å². The maximum atomic E-state index is 11.9. The third-order valence-electron chi connectivity index (χ3n) is 3.39. The Kier molecular flexibility index (Phi) is 5.28. The smallest absolute Gasteiger partial charge is 0.249 e. The Balaban J connectivity index is 1.57. The maximum absolute atomic E-state index is 11.9. The van der Waals surface area contributed by atoms with Crippen LogP contribution in [0, 0.1) is 0 Å². The number of ketones is 1. The molecule has 8 heteroatoms. The van der Waals surface area contributed by atoms with Gasteiger partial charge < -0.3 is 9.73 Å². The lowest BCUT2D eigenvalue weighted by atomic mass is 10.2. The molecule has 0 saturated heterocycles. The maximum Gasteiger partial charge on any atom is 0.249 e. The first-order chi connectivity index (χ1) is 12.5. The lowest BCUT2D eigenvalue weighted by Gasteiger charge is -1.97. The van der Waals surface area contributed by atoms with E-state index in [-0.39, 0.29) is 24.0 Å². The summed E-state index contributed by atoms with van der Waals surface area (Å²) in [6.45, 7) is 1.68. The van der Waals surface area contributed by atoms with Gasteiger partial charge in [0.25, 0.3) is 0 Å². The number of nitrogens with one attached hydrogen (secondary N) is 1. The van der Waals surface area contributed by atoms with Crippen LogP contribution in [-0.2, 0) is 11.3 Å². The summed E-state index contributed by atoms with van der Waals surface area (Å²) in [5, 5.41) is 11.5. The lowest BCUT2D eigenvalue weighted by Crippen LogP contribution is -2.09. The number of furan rings is 1. The summed E-state index contributed by atoms with van der Waals surface area (Å²) in [7, 11) is 0. The third kappa shape index (κ3) is 4.67. The number of amides is 1. The minimum Gasteiger partial charge on any atom is -0.456 e. The second-order valence-corrected chi connectivity index (χ2v) is 5.89. The minimum atomic E-state index is -0.330. The van der Waals surface area contributed by atoms with E-state index in [1.54, 1.807) is 42.5 Å². The molecule has 0 unspecified atom stereocenters. The van der Waals surface area contributed by atoms with Crippen molar-refractivity contribution in [3.8, 4) is 0 Å². The van der Waals surface area contributed by atoms with Gasteiger partial charge in [-0.2, -0.15) is 9.90 Å². The molecule has 0 radical (unpaired) electrons. The predicted octanol–water partition coefficient (Wildman–Crippen LogP) is 3.43. The molecule has 0 saturated carbocycles. The van der Waals surface area contributed by atoms with Crippen LogP contribution in [0.2, 0.25) is 5.02 Å².